The van der Waals surface area contributed by atoms with Gasteiger partial charge in [0.05, 0.1) is 20.5 Å². The summed E-state index contributed by atoms with van der Waals surface area (Å²) in [6.07, 6.45) is 0.977. The second-order valence-electron chi connectivity index (χ2n) is 3.97. The van der Waals surface area contributed by atoms with Crippen LogP contribution in [0.4, 0.5) is 17.2 Å². The number of benzene rings is 1. The number of amides is 1. The summed E-state index contributed by atoms with van der Waals surface area (Å²) in [5, 5.41) is 13.8. The van der Waals surface area contributed by atoms with E-state index in [4.69, 9.17) is 28.9 Å². The molecule has 1 aromatic heterocycles. The van der Waals surface area contributed by atoms with Crippen LogP contribution >= 0.6 is 23.2 Å². The fourth-order valence-corrected chi connectivity index (χ4v) is 1.82. The van der Waals surface area contributed by atoms with Crippen LogP contribution in [0.15, 0.2) is 30.5 Å². The number of halogens is 2. The Labute approximate surface area is 128 Å². The van der Waals surface area contributed by atoms with Crippen LogP contribution in [-0.2, 0) is 0 Å². The Morgan fingerprint density at radius 1 is 1.29 bits per heavy atom. The van der Waals surface area contributed by atoms with Gasteiger partial charge < -0.3 is 11.1 Å². The smallest absolute Gasteiger partial charge is 0.288 e. The van der Waals surface area contributed by atoms with Crippen LogP contribution in [0, 0.1) is 10.1 Å². The van der Waals surface area contributed by atoms with Gasteiger partial charge in [-0.05, 0) is 18.2 Å². The van der Waals surface area contributed by atoms with Gasteiger partial charge in [-0.15, -0.1) is 0 Å². The molecule has 7 nitrogen and oxygen atoms in total. The monoisotopic (exact) mass is 326 g/mol. The van der Waals surface area contributed by atoms with E-state index >= 15 is 0 Å². The number of hydrogen-bond acceptors (Lipinski definition) is 5. The number of rotatable bonds is 3. The van der Waals surface area contributed by atoms with Crippen molar-refractivity contribution in [2.45, 2.75) is 0 Å². The van der Waals surface area contributed by atoms with Gasteiger partial charge in [0, 0.05) is 11.8 Å². The summed E-state index contributed by atoms with van der Waals surface area (Å²) < 4.78 is 0. The maximum atomic E-state index is 12.1. The van der Waals surface area contributed by atoms with Gasteiger partial charge in [0.15, 0.2) is 0 Å². The van der Waals surface area contributed by atoms with Gasteiger partial charge in [-0.25, -0.2) is 4.98 Å². The van der Waals surface area contributed by atoms with Crippen LogP contribution in [-0.4, -0.2) is 15.8 Å². The zero-order valence-corrected chi connectivity index (χ0v) is 11.9. The fraction of sp³-hybridized carbons (Fsp3) is 0. The average Bonchev–Trinajstić information content (AvgIpc) is 2.43. The van der Waals surface area contributed by atoms with Crippen molar-refractivity contribution >= 4 is 46.3 Å². The van der Waals surface area contributed by atoms with Crippen LogP contribution in [0.1, 0.15) is 10.4 Å². The molecule has 0 spiro atoms. The molecule has 2 aromatic rings. The summed E-state index contributed by atoms with van der Waals surface area (Å²) in [4.78, 5) is 25.7. The Bertz CT molecular complexity index is 736. The number of anilines is 2. The molecule has 0 saturated heterocycles. The second kappa shape index (κ2) is 5.94. The molecular formula is C12H8Cl2N4O3. The molecule has 3 N–H and O–H groups in total. The molecular weight excluding hydrogens is 319 g/mol. The molecule has 108 valence electrons. The third-order valence-corrected chi connectivity index (χ3v) is 3.28. The number of carbonyl (C=O) groups excluding carboxylic acids is 1. The Hall–Kier alpha value is -2.38. The fourth-order valence-electron chi connectivity index (χ4n) is 1.52. The van der Waals surface area contributed by atoms with E-state index < -0.39 is 10.8 Å². The molecule has 0 aliphatic carbocycles. The molecule has 0 aliphatic heterocycles. The quantitative estimate of drug-likeness (QED) is 0.664. The van der Waals surface area contributed by atoms with E-state index in [1.165, 1.54) is 18.2 Å². The lowest BCUT2D eigenvalue weighted by atomic mass is 10.2. The number of hydrogen-bond donors (Lipinski definition) is 2. The topological polar surface area (TPSA) is 111 Å². The molecule has 1 heterocycles. The summed E-state index contributed by atoms with van der Waals surface area (Å²) in [5.41, 5.74) is 5.50. The van der Waals surface area contributed by atoms with Gasteiger partial charge in [0.1, 0.15) is 12.0 Å². The minimum absolute atomic E-state index is 0.102. The number of nitrogens with zero attached hydrogens (tertiary/aromatic N) is 2. The van der Waals surface area contributed by atoms with Crippen molar-refractivity contribution in [1.82, 2.24) is 4.98 Å². The lowest BCUT2D eigenvalue weighted by Crippen LogP contribution is -2.15. The molecule has 0 unspecified atom stereocenters. The first-order valence-electron chi connectivity index (χ1n) is 5.55. The Balaban J connectivity index is 2.29. The molecule has 0 fully saturated rings. The van der Waals surface area contributed by atoms with Crippen molar-refractivity contribution in [1.29, 1.82) is 0 Å². The third kappa shape index (κ3) is 3.39. The van der Waals surface area contributed by atoms with Gasteiger partial charge >= 0.3 is 0 Å². The van der Waals surface area contributed by atoms with E-state index in [9.17, 15) is 14.9 Å². The van der Waals surface area contributed by atoms with E-state index in [1.807, 2.05) is 0 Å². The van der Waals surface area contributed by atoms with Crippen LogP contribution in [0.5, 0.6) is 0 Å². The lowest BCUT2D eigenvalue weighted by molar-refractivity contribution is -0.385. The minimum atomic E-state index is -0.664. The summed E-state index contributed by atoms with van der Waals surface area (Å²) >= 11 is 11.6. The molecule has 0 aliphatic rings. The first-order valence-corrected chi connectivity index (χ1v) is 6.30. The molecule has 9 heteroatoms. The number of nitrogens with one attached hydrogen (secondary N) is 1. The largest absolute Gasteiger partial charge is 0.383 e. The molecule has 0 bridgehead atoms. The van der Waals surface area contributed by atoms with E-state index in [2.05, 4.69) is 10.3 Å². The van der Waals surface area contributed by atoms with Crippen molar-refractivity contribution < 1.29 is 9.72 Å². The SMILES string of the molecule is Nc1ncc([N+](=O)[O-])cc1C(=O)Nc1ccc(Cl)c(Cl)c1. The number of nitro groups is 1. The van der Waals surface area contributed by atoms with Crippen molar-refractivity contribution in [3.8, 4) is 0 Å². The van der Waals surface area contributed by atoms with Crippen molar-refractivity contribution in [3.05, 3.63) is 56.2 Å². The average molecular weight is 327 g/mol. The van der Waals surface area contributed by atoms with E-state index in [1.54, 1.807) is 0 Å². The van der Waals surface area contributed by atoms with Crippen LogP contribution in [0.25, 0.3) is 0 Å². The molecule has 0 saturated carbocycles. The molecule has 1 amide bonds. The zero-order valence-electron chi connectivity index (χ0n) is 10.3. The Morgan fingerprint density at radius 2 is 2.00 bits per heavy atom. The highest BCUT2D eigenvalue weighted by Crippen LogP contribution is 2.26. The third-order valence-electron chi connectivity index (χ3n) is 2.54. The number of nitrogen functional groups attached to an aromatic ring is 1. The maximum absolute atomic E-state index is 12.1. The van der Waals surface area contributed by atoms with Gasteiger partial charge in [-0.2, -0.15) is 0 Å². The van der Waals surface area contributed by atoms with Gasteiger partial charge in [-0.1, -0.05) is 23.2 Å². The van der Waals surface area contributed by atoms with Crippen molar-refractivity contribution in [2.24, 2.45) is 0 Å². The zero-order chi connectivity index (χ0) is 15.6. The number of nitrogens with two attached hydrogens (primary N) is 1. The van der Waals surface area contributed by atoms with E-state index in [-0.39, 0.29) is 22.1 Å². The van der Waals surface area contributed by atoms with Gasteiger partial charge in [0.25, 0.3) is 11.6 Å². The van der Waals surface area contributed by atoms with Crippen molar-refractivity contribution in [3.63, 3.8) is 0 Å². The highest BCUT2D eigenvalue weighted by molar-refractivity contribution is 6.42. The van der Waals surface area contributed by atoms with Gasteiger partial charge in [0.2, 0.25) is 0 Å². The maximum Gasteiger partial charge on any atom is 0.288 e. The molecule has 0 radical (unpaired) electrons. The summed E-state index contributed by atoms with van der Waals surface area (Å²) in [6, 6.07) is 5.54. The van der Waals surface area contributed by atoms with Crippen molar-refractivity contribution in [2.75, 3.05) is 11.1 Å². The highest BCUT2D eigenvalue weighted by Gasteiger charge is 2.17. The Kier molecular flexibility index (Phi) is 4.25. The first kappa shape index (κ1) is 15.0. The molecule has 1 aromatic carbocycles. The normalized spacial score (nSPS) is 10.2. The minimum Gasteiger partial charge on any atom is -0.383 e. The standard InChI is InChI=1S/C12H8Cl2N4O3/c13-9-2-1-6(3-10(9)14)17-12(19)8-4-7(18(20)21)5-16-11(8)15/h1-5H,(H2,15,16)(H,17,19). The molecule has 21 heavy (non-hydrogen) atoms. The first-order chi connectivity index (χ1) is 9.88. The van der Waals surface area contributed by atoms with Crippen LogP contribution < -0.4 is 11.1 Å². The summed E-state index contributed by atoms with van der Waals surface area (Å²) in [5.74, 6) is -0.750. The predicted molar refractivity (Wildman–Crippen MR) is 79.7 cm³/mol. The van der Waals surface area contributed by atoms with Gasteiger partial charge in [-0.3, -0.25) is 14.9 Å². The van der Waals surface area contributed by atoms with E-state index in [0.717, 1.165) is 12.3 Å². The van der Waals surface area contributed by atoms with Crippen LogP contribution in [0.3, 0.4) is 0 Å². The number of pyridine rings is 1. The molecule has 0 atom stereocenters. The van der Waals surface area contributed by atoms with Crippen LogP contribution in [0.2, 0.25) is 10.0 Å². The lowest BCUT2D eigenvalue weighted by Gasteiger charge is -2.07. The predicted octanol–water partition coefficient (Wildman–Crippen LogP) is 3.13. The molecule has 2 rings (SSSR count). The summed E-state index contributed by atoms with van der Waals surface area (Å²) in [6.45, 7) is 0. The Morgan fingerprint density at radius 3 is 2.62 bits per heavy atom. The second-order valence-corrected chi connectivity index (χ2v) is 4.78. The van der Waals surface area contributed by atoms with E-state index in [0.29, 0.717) is 10.7 Å². The number of aromatic nitrogens is 1. The highest BCUT2D eigenvalue weighted by atomic mass is 35.5. The number of carbonyl (C=O) groups is 1. The summed E-state index contributed by atoms with van der Waals surface area (Å²) in [7, 11) is 0.